The SMILES string of the molecule is CCOC(=O)Cc1ccc(Cn2nc(-c3ccccc3)c(Cc3cc4c(cc3Cl)OCO4)c2C(=O)OCC)cc1. The van der Waals surface area contributed by atoms with E-state index < -0.39 is 5.97 Å². The molecule has 3 aromatic carbocycles. The lowest BCUT2D eigenvalue weighted by molar-refractivity contribution is -0.142. The topological polar surface area (TPSA) is 88.9 Å². The van der Waals surface area contributed by atoms with E-state index in [1.807, 2.05) is 60.7 Å². The summed E-state index contributed by atoms with van der Waals surface area (Å²) in [5.41, 5.74) is 5.11. The van der Waals surface area contributed by atoms with Crippen LogP contribution in [0.4, 0.5) is 0 Å². The fourth-order valence-corrected chi connectivity index (χ4v) is 4.86. The summed E-state index contributed by atoms with van der Waals surface area (Å²) < 4.78 is 23.3. The molecule has 1 aliphatic heterocycles. The van der Waals surface area contributed by atoms with E-state index >= 15 is 0 Å². The van der Waals surface area contributed by atoms with Gasteiger partial charge >= 0.3 is 11.9 Å². The van der Waals surface area contributed by atoms with Crippen LogP contribution in [-0.2, 0) is 33.7 Å². The van der Waals surface area contributed by atoms with Gasteiger partial charge in [-0.3, -0.25) is 9.48 Å². The van der Waals surface area contributed by atoms with Crippen LogP contribution in [0.25, 0.3) is 11.3 Å². The van der Waals surface area contributed by atoms with E-state index in [0.29, 0.717) is 53.0 Å². The van der Waals surface area contributed by atoms with Crippen molar-refractivity contribution in [3.63, 3.8) is 0 Å². The number of carbonyl (C=O) groups is 2. The van der Waals surface area contributed by atoms with Crippen molar-refractivity contribution < 1.29 is 28.5 Å². The summed E-state index contributed by atoms with van der Waals surface area (Å²) >= 11 is 6.64. The van der Waals surface area contributed by atoms with Crippen molar-refractivity contribution in [3.05, 3.63) is 99.7 Å². The minimum absolute atomic E-state index is 0.134. The largest absolute Gasteiger partial charge is 0.466 e. The van der Waals surface area contributed by atoms with Crippen molar-refractivity contribution in [2.75, 3.05) is 20.0 Å². The number of nitrogens with zero attached hydrogens (tertiary/aromatic N) is 2. The Morgan fingerprint density at radius 1 is 0.925 bits per heavy atom. The monoisotopic (exact) mass is 560 g/mol. The highest BCUT2D eigenvalue weighted by Gasteiger charge is 2.27. The Balaban J connectivity index is 1.56. The molecule has 0 radical (unpaired) electrons. The second-order valence-electron chi connectivity index (χ2n) is 9.19. The number of rotatable bonds is 10. The van der Waals surface area contributed by atoms with Gasteiger partial charge in [0.1, 0.15) is 0 Å². The fourth-order valence-electron chi connectivity index (χ4n) is 4.64. The van der Waals surface area contributed by atoms with Crippen molar-refractivity contribution >= 4 is 23.5 Å². The van der Waals surface area contributed by atoms with Gasteiger partial charge in [-0.1, -0.05) is 66.2 Å². The first-order chi connectivity index (χ1) is 19.5. The van der Waals surface area contributed by atoms with E-state index in [9.17, 15) is 9.59 Å². The van der Waals surface area contributed by atoms with Gasteiger partial charge in [0.2, 0.25) is 6.79 Å². The molecule has 0 saturated carbocycles. The maximum Gasteiger partial charge on any atom is 0.356 e. The summed E-state index contributed by atoms with van der Waals surface area (Å²) in [4.78, 5) is 25.3. The lowest BCUT2D eigenvalue weighted by atomic mass is 9.98. The predicted molar refractivity (Wildman–Crippen MR) is 150 cm³/mol. The Hall–Kier alpha value is -4.30. The normalized spacial score (nSPS) is 11.9. The van der Waals surface area contributed by atoms with Crippen LogP contribution in [0.3, 0.4) is 0 Å². The number of ether oxygens (including phenoxy) is 4. The van der Waals surface area contributed by atoms with E-state index in [1.165, 1.54) is 0 Å². The van der Waals surface area contributed by atoms with Crippen molar-refractivity contribution in [2.45, 2.75) is 33.2 Å². The van der Waals surface area contributed by atoms with Crippen molar-refractivity contribution in [1.29, 1.82) is 0 Å². The first-order valence-corrected chi connectivity index (χ1v) is 13.5. The molecule has 0 fully saturated rings. The van der Waals surface area contributed by atoms with Crippen molar-refractivity contribution in [1.82, 2.24) is 9.78 Å². The Morgan fingerprint density at radius 3 is 2.30 bits per heavy atom. The minimum Gasteiger partial charge on any atom is -0.466 e. The maximum atomic E-state index is 13.4. The van der Waals surface area contributed by atoms with Crippen LogP contribution in [0.5, 0.6) is 11.5 Å². The van der Waals surface area contributed by atoms with Crippen LogP contribution in [0.1, 0.15) is 46.6 Å². The summed E-state index contributed by atoms with van der Waals surface area (Å²) in [6.45, 7) is 4.57. The molecule has 0 aliphatic carbocycles. The van der Waals surface area contributed by atoms with E-state index in [4.69, 9.17) is 35.6 Å². The molecule has 2 heterocycles. The van der Waals surface area contributed by atoms with Gasteiger partial charge in [0, 0.05) is 28.6 Å². The van der Waals surface area contributed by atoms with E-state index in [0.717, 1.165) is 22.3 Å². The molecule has 4 aromatic rings. The Bertz CT molecular complexity index is 1520. The third-order valence-electron chi connectivity index (χ3n) is 6.48. The molecule has 8 nitrogen and oxygen atoms in total. The van der Waals surface area contributed by atoms with E-state index in [1.54, 1.807) is 24.6 Å². The van der Waals surface area contributed by atoms with E-state index in [2.05, 4.69) is 0 Å². The van der Waals surface area contributed by atoms with Crippen LogP contribution in [0.2, 0.25) is 5.02 Å². The number of aromatic nitrogens is 2. The molecular formula is C31H29ClN2O6. The number of halogens is 1. The number of fused-ring (bicyclic) bond motifs is 1. The van der Waals surface area contributed by atoms with Gasteiger partial charge in [0.05, 0.1) is 31.9 Å². The molecule has 0 atom stereocenters. The van der Waals surface area contributed by atoms with E-state index in [-0.39, 0.29) is 25.8 Å². The molecule has 0 bridgehead atoms. The van der Waals surface area contributed by atoms with Crippen LogP contribution < -0.4 is 9.47 Å². The minimum atomic E-state index is -0.469. The zero-order valence-electron chi connectivity index (χ0n) is 22.3. The van der Waals surface area contributed by atoms with Crippen LogP contribution >= 0.6 is 11.6 Å². The summed E-state index contributed by atoms with van der Waals surface area (Å²) in [5, 5.41) is 5.42. The zero-order chi connectivity index (χ0) is 28.1. The molecule has 0 unspecified atom stereocenters. The number of benzene rings is 3. The fraction of sp³-hybridized carbons (Fsp3) is 0.258. The second-order valence-corrected chi connectivity index (χ2v) is 9.60. The highest BCUT2D eigenvalue weighted by Crippen LogP contribution is 2.39. The number of hydrogen-bond acceptors (Lipinski definition) is 7. The molecule has 0 spiro atoms. The third kappa shape index (κ3) is 5.97. The highest BCUT2D eigenvalue weighted by molar-refractivity contribution is 6.31. The Labute approximate surface area is 237 Å². The van der Waals surface area contributed by atoms with Crippen LogP contribution in [0.15, 0.2) is 66.7 Å². The third-order valence-corrected chi connectivity index (χ3v) is 6.84. The summed E-state index contributed by atoms with van der Waals surface area (Å²) in [5.74, 6) is 0.451. The molecular weight excluding hydrogens is 532 g/mol. The molecule has 1 aromatic heterocycles. The quantitative estimate of drug-likeness (QED) is 0.225. The summed E-state index contributed by atoms with van der Waals surface area (Å²) in [6, 6.07) is 20.9. The number of carbonyl (C=O) groups excluding carboxylic acids is 2. The van der Waals surface area contributed by atoms with Gasteiger partial charge in [0.25, 0.3) is 0 Å². The number of hydrogen-bond donors (Lipinski definition) is 0. The van der Waals surface area contributed by atoms with Gasteiger partial charge in [-0.15, -0.1) is 0 Å². The first-order valence-electron chi connectivity index (χ1n) is 13.1. The lowest BCUT2D eigenvalue weighted by Gasteiger charge is -2.11. The molecule has 0 N–H and O–H groups in total. The predicted octanol–water partition coefficient (Wildman–Crippen LogP) is 5.85. The number of esters is 2. The molecule has 206 valence electrons. The van der Waals surface area contributed by atoms with Gasteiger partial charge in [-0.2, -0.15) is 5.10 Å². The summed E-state index contributed by atoms with van der Waals surface area (Å²) in [7, 11) is 0. The maximum absolute atomic E-state index is 13.4. The average molecular weight is 561 g/mol. The second kappa shape index (κ2) is 12.3. The standard InChI is InChI=1S/C31H29ClN2O6/c1-3-37-28(35)14-20-10-12-21(13-11-20)18-34-30(31(36)38-4-2)24(29(33-34)22-8-6-5-7-9-22)15-23-16-26-27(17-25(23)32)40-19-39-26/h5-13,16-17H,3-4,14-15,18-19H2,1-2H3. The van der Waals surface area contributed by atoms with Crippen molar-refractivity contribution in [2.24, 2.45) is 0 Å². The van der Waals surface area contributed by atoms with Gasteiger partial charge in [0.15, 0.2) is 17.2 Å². The first kappa shape index (κ1) is 27.3. The molecule has 5 rings (SSSR count). The molecule has 40 heavy (non-hydrogen) atoms. The molecule has 0 saturated heterocycles. The highest BCUT2D eigenvalue weighted by atomic mass is 35.5. The molecule has 1 aliphatic rings. The Kier molecular flexibility index (Phi) is 8.36. The Morgan fingerprint density at radius 2 is 1.60 bits per heavy atom. The molecule has 0 amide bonds. The zero-order valence-corrected chi connectivity index (χ0v) is 23.1. The van der Waals surface area contributed by atoms with Crippen molar-refractivity contribution in [3.8, 4) is 22.8 Å². The smallest absolute Gasteiger partial charge is 0.356 e. The van der Waals surface area contributed by atoms with Crippen LogP contribution in [-0.4, -0.2) is 41.7 Å². The average Bonchev–Trinajstić information content (AvgIpc) is 3.54. The van der Waals surface area contributed by atoms with Crippen LogP contribution in [0, 0.1) is 0 Å². The van der Waals surface area contributed by atoms with Gasteiger partial charge in [-0.05, 0) is 36.6 Å². The molecule has 9 heteroatoms. The summed E-state index contributed by atoms with van der Waals surface area (Å²) in [6.07, 6.45) is 0.523. The van der Waals surface area contributed by atoms with Gasteiger partial charge < -0.3 is 18.9 Å². The lowest BCUT2D eigenvalue weighted by Crippen LogP contribution is -2.16. The van der Waals surface area contributed by atoms with Gasteiger partial charge in [-0.25, -0.2) is 4.79 Å².